The van der Waals surface area contributed by atoms with Crippen LogP contribution in [-0.2, 0) is 14.3 Å². The molecule has 0 aliphatic carbocycles. The zero-order chi connectivity index (χ0) is 19.8. The normalized spacial score (nSPS) is 24.2. The third-order valence-electron chi connectivity index (χ3n) is 5.51. The molecule has 2 fully saturated rings. The SMILES string of the molecule is COC(=O)[C@H]1C[C@H]2CN(C(=O)c3cnc(C)[nH]3)CC(=O)N2[C@H]1c1ccccc1. The monoisotopic (exact) mass is 382 g/mol. The second-order valence-electron chi connectivity index (χ2n) is 7.24. The van der Waals surface area contributed by atoms with Gasteiger partial charge >= 0.3 is 5.97 Å². The van der Waals surface area contributed by atoms with Crippen LogP contribution in [0.15, 0.2) is 36.5 Å². The number of amides is 2. The summed E-state index contributed by atoms with van der Waals surface area (Å²) in [6, 6.07) is 8.90. The van der Waals surface area contributed by atoms with Crippen molar-refractivity contribution in [2.75, 3.05) is 20.2 Å². The van der Waals surface area contributed by atoms with Crippen LogP contribution in [0.1, 0.15) is 34.3 Å². The fourth-order valence-electron chi connectivity index (χ4n) is 4.32. The van der Waals surface area contributed by atoms with Crippen LogP contribution in [0, 0.1) is 12.8 Å². The average molecular weight is 382 g/mol. The van der Waals surface area contributed by atoms with Crippen molar-refractivity contribution in [2.24, 2.45) is 5.92 Å². The molecule has 0 spiro atoms. The molecular formula is C20H22N4O4. The zero-order valence-electron chi connectivity index (χ0n) is 15.8. The second-order valence-corrected chi connectivity index (χ2v) is 7.24. The Labute approximate surface area is 162 Å². The number of nitrogens with zero attached hydrogens (tertiary/aromatic N) is 3. The number of hydrogen-bond acceptors (Lipinski definition) is 5. The number of ether oxygens (including phenoxy) is 1. The molecule has 28 heavy (non-hydrogen) atoms. The summed E-state index contributed by atoms with van der Waals surface area (Å²) in [7, 11) is 1.36. The van der Waals surface area contributed by atoms with Crippen LogP contribution in [-0.4, -0.2) is 63.8 Å². The Morgan fingerprint density at radius 3 is 2.64 bits per heavy atom. The molecule has 0 radical (unpaired) electrons. The van der Waals surface area contributed by atoms with Crippen LogP contribution in [0.3, 0.4) is 0 Å². The van der Waals surface area contributed by atoms with Crippen LogP contribution < -0.4 is 0 Å². The average Bonchev–Trinajstić information content (AvgIpc) is 3.31. The standard InChI is InChI=1S/C20H22N4O4/c1-12-21-9-16(22-12)19(26)23-10-14-8-15(20(27)28-2)18(24(14)17(25)11-23)13-6-4-3-5-7-13/h3-7,9,14-15,18H,8,10-11H2,1-2H3,(H,21,22)/t14-,15-,18-/m0/s1. The maximum Gasteiger partial charge on any atom is 0.311 e. The second kappa shape index (κ2) is 7.10. The molecular weight excluding hydrogens is 360 g/mol. The van der Waals surface area contributed by atoms with E-state index in [1.165, 1.54) is 18.2 Å². The molecule has 0 bridgehead atoms. The molecule has 8 nitrogen and oxygen atoms in total. The molecule has 8 heteroatoms. The van der Waals surface area contributed by atoms with Gasteiger partial charge in [-0.1, -0.05) is 30.3 Å². The van der Waals surface area contributed by atoms with E-state index in [-0.39, 0.29) is 36.4 Å². The molecule has 0 saturated carbocycles. The predicted molar refractivity (Wildman–Crippen MR) is 99.2 cm³/mol. The van der Waals surface area contributed by atoms with Crippen molar-refractivity contribution in [2.45, 2.75) is 25.4 Å². The molecule has 1 aromatic carbocycles. The highest BCUT2D eigenvalue weighted by atomic mass is 16.5. The number of piperazine rings is 1. The fourth-order valence-corrected chi connectivity index (χ4v) is 4.32. The minimum atomic E-state index is -0.453. The highest BCUT2D eigenvalue weighted by molar-refractivity contribution is 5.96. The van der Waals surface area contributed by atoms with E-state index in [1.807, 2.05) is 30.3 Å². The van der Waals surface area contributed by atoms with E-state index >= 15 is 0 Å². The van der Waals surface area contributed by atoms with Crippen molar-refractivity contribution in [3.05, 3.63) is 53.6 Å². The van der Waals surface area contributed by atoms with Gasteiger partial charge in [-0.25, -0.2) is 4.98 Å². The molecule has 2 aliphatic rings. The van der Waals surface area contributed by atoms with E-state index in [2.05, 4.69) is 9.97 Å². The summed E-state index contributed by atoms with van der Waals surface area (Å²) >= 11 is 0. The summed E-state index contributed by atoms with van der Waals surface area (Å²) in [5, 5.41) is 0. The maximum atomic E-state index is 13.0. The van der Waals surface area contributed by atoms with Crippen LogP contribution in [0.4, 0.5) is 0 Å². The van der Waals surface area contributed by atoms with Crippen LogP contribution in [0.5, 0.6) is 0 Å². The number of carbonyl (C=O) groups excluding carboxylic acids is 3. The first-order valence-corrected chi connectivity index (χ1v) is 9.24. The molecule has 4 rings (SSSR count). The first kappa shape index (κ1) is 18.2. The van der Waals surface area contributed by atoms with E-state index in [0.717, 1.165) is 5.56 Å². The van der Waals surface area contributed by atoms with Gasteiger partial charge in [0.25, 0.3) is 5.91 Å². The topological polar surface area (TPSA) is 95.6 Å². The van der Waals surface area contributed by atoms with Gasteiger partial charge in [0.05, 0.1) is 31.3 Å². The number of aryl methyl sites for hydroxylation is 1. The third kappa shape index (κ3) is 3.04. The van der Waals surface area contributed by atoms with Crippen LogP contribution in [0.25, 0.3) is 0 Å². The molecule has 2 aliphatic heterocycles. The molecule has 1 N–H and O–H groups in total. The van der Waals surface area contributed by atoms with Gasteiger partial charge in [-0.15, -0.1) is 0 Å². The molecule has 0 unspecified atom stereocenters. The molecule has 2 saturated heterocycles. The summed E-state index contributed by atoms with van der Waals surface area (Å²) in [4.78, 5) is 48.5. The Balaban J connectivity index is 1.62. The fraction of sp³-hybridized carbons (Fsp3) is 0.400. The smallest absolute Gasteiger partial charge is 0.311 e. The number of aromatic nitrogens is 2. The lowest BCUT2D eigenvalue weighted by Gasteiger charge is -2.39. The Morgan fingerprint density at radius 1 is 1.25 bits per heavy atom. The summed E-state index contributed by atoms with van der Waals surface area (Å²) in [5.41, 5.74) is 1.26. The van der Waals surface area contributed by atoms with Gasteiger partial charge in [0.1, 0.15) is 18.1 Å². The number of H-pyrrole nitrogens is 1. The molecule has 146 valence electrons. The number of methoxy groups -OCH3 is 1. The van der Waals surface area contributed by atoms with Gasteiger partial charge in [-0.05, 0) is 18.9 Å². The Hall–Kier alpha value is -3.16. The van der Waals surface area contributed by atoms with Gasteiger partial charge in [0.2, 0.25) is 5.91 Å². The molecule has 3 atom stereocenters. The number of hydrogen-bond donors (Lipinski definition) is 1. The number of aromatic amines is 1. The first-order valence-electron chi connectivity index (χ1n) is 9.24. The van der Waals surface area contributed by atoms with Crippen molar-refractivity contribution in [3.8, 4) is 0 Å². The Morgan fingerprint density at radius 2 is 2.00 bits per heavy atom. The minimum Gasteiger partial charge on any atom is -0.469 e. The molecule has 2 amide bonds. The van der Waals surface area contributed by atoms with Crippen molar-refractivity contribution < 1.29 is 19.1 Å². The summed E-state index contributed by atoms with van der Waals surface area (Å²) in [5.74, 6) is -0.569. The molecule has 2 aromatic rings. The number of esters is 1. The lowest BCUT2D eigenvalue weighted by Crippen LogP contribution is -2.56. The molecule has 3 heterocycles. The van der Waals surface area contributed by atoms with Crippen molar-refractivity contribution in [3.63, 3.8) is 0 Å². The predicted octanol–water partition coefficient (Wildman–Crippen LogP) is 1.31. The van der Waals surface area contributed by atoms with Crippen molar-refractivity contribution in [1.29, 1.82) is 0 Å². The Bertz CT molecular complexity index is 910. The number of fused-ring (bicyclic) bond motifs is 1. The van der Waals surface area contributed by atoms with E-state index in [9.17, 15) is 14.4 Å². The van der Waals surface area contributed by atoms with Crippen LogP contribution in [0.2, 0.25) is 0 Å². The summed E-state index contributed by atoms with van der Waals surface area (Å²) < 4.78 is 5.00. The largest absolute Gasteiger partial charge is 0.469 e. The van der Waals surface area contributed by atoms with Gasteiger partial charge in [-0.2, -0.15) is 0 Å². The van der Waals surface area contributed by atoms with E-state index < -0.39 is 5.92 Å². The number of rotatable bonds is 3. The van der Waals surface area contributed by atoms with Crippen molar-refractivity contribution in [1.82, 2.24) is 19.8 Å². The van der Waals surface area contributed by atoms with E-state index in [1.54, 1.807) is 11.8 Å². The lowest BCUT2D eigenvalue weighted by molar-refractivity contribution is -0.147. The van der Waals surface area contributed by atoms with E-state index in [0.29, 0.717) is 24.5 Å². The number of carbonyl (C=O) groups is 3. The quantitative estimate of drug-likeness (QED) is 0.808. The van der Waals surface area contributed by atoms with Gasteiger partial charge in [0, 0.05) is 6.54 Å². The van der Waals surface area contributed by atoms with E-state index in [4.69, 9.17) is 4.74 Å². The third-order valence-corrected chi connectivity index (χ3v) is 5.51. The summed E-state index contributed by atoms with van der Waals surface area (Å²) in [6.07, 6.45) is 1.94. The van der Waals surface area contributed by atoms with Crippen molar-refractivity contribution >= 4 is 17.8 Å². The number of benzene rings is 1. The van der Waals surface area contributed by atoms with Gasteiger partial charge in [-0.3, -0.25) is 14.4 Å². The van der Waals surface area contributed by atoms with Crippen LogP contribution >= 0.6 is 0 Å². The zero-order valence-corrected chi connectivity index (χ0v) is 15.8. The molecule has 1 aromatic heterocycles. The van der Waals surface area contributed by atoms with Gasteiger partial charge in [0.15, 0.2) is 0 Å². The first-order chi connectivity index (χ1) is 13.5. The van der Waals surface area contributed by atoms with Gasteiger partial charge < -0.3 is 19.5 Å². The number of nitrogens with one attached hydrogen (secondary N) is 1. The highest BCUT2D eigenvalue weighted by Crippen LogP contribution is 2.43. The maximum absolute atomic E-state index is 13.0. The minimum absolute atomic E-state index is 0.0232. The lowest BCUT2D eigenvalue weighted by atomic mass is 9.93. The summed E-state index contributed by atoms with van der Waals surface area (Å²) in [6.45, 7) is 2.12. The highest BCUT2D eigenvalue weighted by Gasteiger charge is 2.51. The Kier molecular flexibility index (Phi) is 4.62. The number of imidazole rings is 1.